The molecule has 0 saturated carbocycles. The molecule has 5 rings (SSSR count). The predicted molar refractivity (Wildman–Crippen MR) is 135 cm³/mol. The molecule has 176 valence electrons. The van der Waals surface area contributed by atoms with Gasteiger partial charge in [0.15, 0.2) is 5.76 Å². The van der Waals surface area contributed by atoms with Crippen molar-refractivity contribution in [1.82, 2.24) is 10.3 Å². The largest absolute Gasteiger partial charge is 0.439 e. The number of carbonyl (C=O) groups excluding carboxylic acids is 1. The molecule has 8 heteroatoms. The molecule has 5 aromatic rings. The van der Waals surface area contributed by atoms with Gasteiger partial charge in [-0.05, 0) is 47.5 Å². The lowest BCUT2D eigenvalue weighted by atomic mass is 9.90. The van der Waals surface area contributed by atoms with Crippen LogP contribution in [0.25, 0.3) is 10.9 Å². The summed E-state index contributed by atoms with van der Waals surface area (Å²) in [5.41, 5.74) is 2.83. The van der Waals surface area contributed by atoms with Crippen molar-refractivity contribution in [2.24, 2.45) is 0 Å². The van der Waals surface area contributed by atoms with E-state index in [4.69, 9.17) is 16.0 Å². The molecule has 0 fully saturated rings. The van der Waals surface area contributed by atoms with E-state index in [1.807, 2.05) is 54.7 Å². The number of hydrogen-bond acceptors (Lipinski definition) is 4. The number of para-hydroxylation sites is 1. The summed E-state index contributed by atoms with van der Waals surface area (Å²) < 4.78 is 31.0. The molecule has 0 bridgehead atoms. The van der Waals surface area contributed by atoms with Gasteiger partial charge in [-0.25, -0.2) is 8.42 Å². The maximum atomic E-state index is 12.9. The zero-order valence-electron chi connectivity index (χ0n) is 18.4. The molecule has 0 aliphatic rings. The number of aromatic amines is 1. The Kier molecular flexibility index (Phi) is 6.19. The van der Waals surface area contributed by atoms with Crippen LogP contribution in [0.4, 0.5) is 0 Å². The Balaban J connectivity index is 1.41. The topological polar surface area (TPSA) is 92.2 Å². The fourth-order valence-electron chi connectivity index (χ4n) is 4.11. The van der Waals surface area contributed by atoms with Crippen LogP contribution in [0.2, 0.25) is 5.02 Å². The first kappa shape index (κ1) is 23.0. The minimum Gasteiger partial charge on any atom is -0.439 e. The maximum Gasteiger partial charge on any atom is 0.287 e. The van der Waals surface area contributed by atoms with Crippen LogP contribution in [0, 0.1) is 0 Å². The zero-order chi connectivity index (χ0) is 24.4. The van der Waals surface area contributed by atoms with Crippen LogP contribution in [-0.4, -0.2) is 25.9 Å². The highest BCUT2D eigenvalue weighted by atomic mass is 35.5. The van der Waals surface area contributed by atoms with Gasteiger partial charge in [0, 0.05) is 34.6 Å². The highest BCUT2D eigenvalue weighted by Crippen LogP contribution is 2.34. The summed E-state index contributed by atoms with van der Waals surface area (Å²) in [4.78, 5) is 16.3. The van der Waals surface area contributed by atoms with Gasteiger partial charge in [-0.15, -0.1) is 0 Å². The number of rotatable bonds is 7. The first-order valence-corrected chi connectivity index (χ1v) is 12.8. The molecule has 0 radical (unpaired) electrons. The summed E-state index contributed by atoms with van der Waals surface area (Å²) in [5.74, 6) is -0.848. The maximum absolute atomic E-state index is 12.9. The Morgan fingerprint density at radius 1 is 0.886 bits per heavy atom. The van der Waals surface area contributed by atoms with E-state index in [1.54, 1.807) is 18.2 Å². The van der Waals surface area contributed by atoms with Crippen molar-refractivity contribution in [3.63, 3.8) is 0 Å². The molecule has 1 amide bonds. The summed E-state index contributed by atoms with van der Waals surface area (Å²) in [7, 11) is -3.86. The Morgan fingerprint density at radius 3 is 2.40 bits per heavy atom. The molecule has 0 aliphatic carbocycles. The standard InChI is InChI=1S/C27H21ClN2O4S/c28-23-12-6-4-10-19(23)21(22-16-29-24-13-7-5-11-20(22)24)17-30-27(31)25-14-15-26(34-25)35(32,33)18-8-2-1-3-9-18/h1-16,21,29H,17H2,(H,30,31). The van der Waals surface area contributed by atoms with E-state index in [0.29, 0.717) is 5.02 Å². The Morgan fingerprint density at radius 2 is 1.60 bits per heavy atom. The second-order valence-electron chi connectivity index (χ2n) is 8.01. The number of benzene rings is 3. The molecule has 2 N–H and O–H groups in total. The number of H-pyrrole nitrogens is 1. The number of nitrogens with one attached hydrogen (secondary N) is 2. The molecule has 1 unspecified atom stereocenters. The number of furan rings is 1. The van der Waals surface area contributed by atoms with E-state index in [-0.39, 0.29) is 28.2 Å². The quantitative estimate of drug-likeness (QED) is 0.292. The van der Waals surface area contributed by atoms with Crippen LogP contribution >= 0.6 is 11.6 Å². The van der Waals surface area contributed by atoms with Crippen molar-refractivity contribution in [3.05, 3.63) is 119 Å². The van der Waals surface area contributed by atoms with E-state index in [2.05, 4.69) is 10.3 Å². The monoisotopic (exact) mass is 504 g/mol. The van der Waals surface area contributed by atoms with Gasteiger partial charge in [0.05, 0.1) is 4.90 Å². The zero-order valence-corrected chi connectivity index (χ0v) is 20.0. The third-order valence-electron chi connectivity index (χ3n) is 5.87. The van der Waals surface area contributed by atoms with E-state index in [9.17, 15) is 13.2 Å². The lowest BCUT2D eigenvalue weighted by Crippen LogP contribution is -2.28. The molecule has 0 aliphatic heterocycles. The second-order valence-corrected chi connectivity index (χ2v) is 10.3. The van der Waals surface area contributed by atoms with Gasteiger partial charge in [0.2, 0.25) is 14.9 Å². The van der Waals surface area contributed by atoms with Crippen molar-refractivity contribution in [1.29, 1.82) is 0 Å². The molecule has 3 aromatic carbocycles. The highest BCUT2D eigenvalue weighted by molar-refractivity contribution is 7.91. The van der Waals surface area contributed by atoms with Gasteiger partial charge < -0.3 is 14.7 Å². The van der Waals surface area contributed by atoms with Crippen LogP contribution in [0.5, 0.6) is 0 Å². The number of fused-ring (bicyclic) bond motifs is 1. The summed E-state index contributed by atoms with van der Waals surface area (Å²) in [6.45, 7) is 0.228. The average molecular weight is 505 g/mol. The van der Waals surface area contributed by atoms with Crippen LogP contribution in [0.1, 0.15) is 27.6 Å². The van der Waals surface area contributed by atoms with Gasteiger partial charge in [0.1, 0.15) is 0 Å². The fraction of sp³-hybridized carbons (Fsp3) is 0.0741. The number of amides is 1. The van der Waals surface area contributed by atoms with Crippen LogP contribution in [-0.2, 0) is 9.84 Å². The molecule has 0 spiro atoms. The number of sulfone groups is 1. The minimum absolute atomic E-state index is 0.0867. The van der Waals surface area contributed by atoms with Crippen molar-refractivity contribution >= 4 is 38.2 Å². The predicted octanol–water partition coefficient (Wildman–Crippen LogP) is 5.81. The first-order chi connectivity index (χ1) is 16.9. The van der Waals surface area contributed by atoms with E-state index in [0.717, 1.165) is 22.0 Å². The third kappa shape index (κ3) is 4.48. The molecule has 1 atom stereocenters. The molecule has 6 nitrogen and oxygen atoms in total. The molecule has 2 heterocycles. The SMILES string of the molecule is O=C(NCC(c1ccccc1Cl)c1c[nH]c2ccccc12)c1ccc(S(=O)(=O)c2ccccc2)o1. The number of halogens is 1. The van der Waals surface area contributed by atoms with Crippen molar-refractivity contribution < 1.29 is 17.6 Å². The van der Waals surface area contributed by atoms with Crippen molar-refractivity contribution in [2.75, 3.05) is 6.54 Å². The number of aromatic nitrogens is 1. The minimum atomic E-state index is -3.86. The summed E-state index contributed by atoms with van der Waals surface area (Å²) >= 11 is 6.52. The Hall–Kier alpha value is -3.81. The average Bonchev–Trinajstić information content (AvgIpc) is 3.54. The van der Waals surface area contributed by atoms with E-state index >= 15 is 0 Å². The van der Waals surface area contributed by atoms with E-state index in [1.165, 1.54) is 24.3 Å². The Labute approximate surface area is 207 Å². The van der Waals surface area contributed by atoms with Crippen LogP contribution in [0.3, 0.4) is 0 Å². The van der Waals surface area contributed by atoms with Gasteiger partial charge in [-0.1, -0.05) is 66.2 Å². The smallest absolute Gasteiger partial charge is 0.287 e. The van der Waals surface area contributed by atoms with E-state index < -0.39 is 15.7 Å². The fourth-order valence-corrected chi connectivity index (χ4v) is 5.57. The lowest BCUT2D eigenvalue weighted by Gasteiger charge is -2.19. The summed E-state index contributed by atoms with van der Waals surface area (Å²) in [6.07, 6.45) is 1.92. The normalized spacial score (nSPS) is 12.5. The van der Waals surface area contributed by atoms with Gasteiger partial charge >= 0.3 is 0 Å². The first-order valence-electron chi connectivity index (χ1n) is 10.9. The van der Waals surface area contributed by atoms with Crippen LogP contribution in [0.15, 0.2) is 112 Å². The molecule has 2 aromatic heterocycles. The number of hydrogen-bond donors (Lipinski definition) is 2. The van der Waals surface area contributed by atoms with Gasteiger partial charge in [-0.2, -0.15) is 0 Å². The van der Waals surface area contributed by atoms with Gasteiger partial charge in [0.25, 0.3) is 5.91 Å². The second kappa shape index (κ2) is 9.44. The molecular formula is C27H21ClN2O4S. The molecule has 0 saturated heterocycles. The van der Waals surface area contributed by atoms with Crippen LogP contribution < -0.4 is 5.32 Å². The third-order valence-corrected chi connectivity index (χ3v) is 7.85. The lowest BCUT2D eigenvalue weighted by molar-refractivity contribution is 0.0919. The Bertz CT molecular complexity index is 1610. The highest BCUT2D eigenvalue weighted by Gasteiger charge is 2.25. The van der Waals surface area contributed by atoms with Crippen molar-refractivity contribution in [2.45, 2.75) is 15.9 Å². The summed E-state index contributed by atoms with van der Waals surface area (Å²) in [5, 5.41) is 4.22. The molecular weight excluding hydrogens is 484 g/mol. The number of carbonyl (C=O) groups is 1. The van der Waals surface area contributed by atoms with Crippen molar-refractivity contribution in [3.8, 4) is 0 Å². The summed E-state index contributed by atoms with van der Waals surface area (Å²) in [6, 6.07) is 26.0. The van der Waals surface area contributed by atoms with Gasteiger partial charge in [-0.3, -0.25) is 4.79 Å². The molecule has 35 heavy (non-hydrogen) atoms.